The molecular formula is C27H37N3O3. The average Bonchev–Trinajstić information content (AvgIpc) is 3.41. The summed E-state index contributed by atoms with van der Waals surface area (Å²) in [7, 11) is 0. The molecule has 4 atom stereocenters. The first-order valence-electron chi connectivity index (χ1n) is 12.5. The van der Waals surface area contributed by atoms with Crippen LogP contribution in [0.15, 0.2) is 36.4 Å². The van der Waals surface area contributed by atoms with Crippen LogP contribution in [0.3, 0.4) is 0 Å². The van der Waals surface area contributed by atoms with Crippen LogP contribution < -0.4 is 5.32 Å². The maximum Gasteiger partial charge on any atom is 0.243 e. The molecule has 1 aromatic carbocycles. The van der Waals surface area contributed by atoms with E-state index in [1.165, 1.54) is 28.9 Å². The molecule has 2 aliphatic heterocycles. The smallest absolute Gasteiger partial charge is 0.243 e. The number of rotatable bonds is 8. The van der Waals surface area contributed by atoms with Gasteiger partial charge in [-0.2, -0.15) is 0 Å². The molecule has 4 unspecified atom stereocenters. The van der Waals surface area contributed by atoms with Crippen molar-refractivity contribution in [2.75, 3.05) is 19.6 Å². The van der Waals surface area contributed by atoms with Crippen molar-refractivity contribution >= 4 is 17.7 Å². The number of likely N-dealkylation sites (tertiary alicyclic amines) is 2. The first kappa shape index (κ1) is 23.7. The lowest BCUT2D eigenvalue weighted by atomic mass is 9.85. The normalized spacial score (nSPS) is 24.9. The number of nitrogens with zero attached hydrogens (tertiary/aromatic N) is 2. The number of benzene rings is 1. The number of carbonyl (C=O) groups is 3. The van der Waals surface area contributed by atoms with Crippen LogP contribution in [0.1, 0.15) is 63.1 Å². The van der Waals surface area contributed by atoms with Crippen molar-refractivity contribution in [2.45, 2.75) is 65.0 Å². The van der Waals surface area contributed by atoms with Gasteiger partial charge in [0.1, 0.15) is 6.04 Å². The summed E-state index contributed by atoms with van der Waals surface area (Å²) < 4.78 is 0. The minimum Gasteiger partial charge on any atom is -0.352 e. The summed E-state index contributed by atoms with van der Waals surface area (Å²) in [6, 6.07) is 7.85. The lowest BCUT2D eigenvalue weighted by molar-refractivity contribution is -0.148. The minimum absolute atomic E-state index is 0.0912. The summed E-state index contributed by atoms with van der Waals surface area (Å²) in [5.74, 6) is -0.999. The molecule has 0 bridgehead atoms. The Kier molecular flexibility index (Phi) is 7.32. The van der Waals surface area contributed by atoms with Gasteiger partial charge in [0, 0.05) is 6.54 Å². The predicted octanol–water partition coefficient (Wildman–Crippen LogP) is 3.61. The van der Waals surface area contributed by atoms with Crippen molar-refractivity contribution in [3.8, 4) is 0 Å². The number of imide groups is 1. The fraction of sp³-hybridized carbons (Fsp3) is 0.593. The summed E-state index contributed by atoms with van der Waals surface area (Å²) in [5, 5.41) is 3.14. The monoisotopic (exact) mass is 451 g/mol. The SMILES string of the molecule is Cc1ccc(C(CNC(=O)C(CC(C)C)N2C(=O)C3CC=CCC3C2=O)N2CCCC2)cc1. The molecule has 1 N–H and O–H groups in total. The molecule has 0 radical (unpaired) electrons. The number of aryl methyl sites for hydroxylation is 1. The van der Waals surface area contributed by atoms with E-state index < -0.39 is 6.04 Å². The lowest BCUT2D eigenvalue weighted by Gasteiger charge is -2.31. The molecule has 33 heavy (non-hydrogen) atoms. The van der Waals surface area contributed by atoms with Crippen LogP contribution in [0.5, 0.6) is 0 Å². The lowest BCUT2D eigenvalue weighted by Crippen LogP contribution is -2.51. The molecule has 0 aromatic heterocycles. The number of amides is 3. The number of nitrogens with one attached hydrogen (secondary N) is 1. The van der Waals surface area contributed by atoms with Gasteiger partial charge in [0.15, 0.2) is 0 Å². The maximum absolute atomic E-state index is 13.5. The van der Waals surface area contributed by atoms with E-state index in [4.69, 9.17) is 0 Å². The van der Waals surface area contributed by atoms with Crippen LogP contribution in [-0.2, 0) is 14.4 Å². The first-order valence-corrected chi connectivity index (χ1v) is 12.5. The van der Waals surface area contributed by atoms with E-state index in [0.717, 1.165) is 13.1 Å². The van der Waals surface area contributed by atoms with E-state index in [1.54, 1.807) is 0 Å². The summed E-state index contributed by atoms with van der Waals surface area (Å²) in [6.07, 6.45) is 7.96. The molecule has 2 fully saturated rings. The van der Waals surface area contributed by atoms with E-state index in [1.807, 2.05) is 26.0 Å². The van der Waals surface area contributed by atoms with Gasteiger partial charge in [-0.3, -0.25) is 24.2 Å². The molecule has 0 spiro atoms. The molecule has 2 heterocycles. The van der Waals surface area contributed by atoms with Gasteiger partial charge >= 0.3 is 0 Å². The number of fused-ring (bicyclic) bond motifs is 1. The van der Waals surface area contributed by atoms with Crippen molar-refractivity contribution in [1.82, 2.24) is 15.1 Å². The molecule has 2 saturated heterocycles. The summed E-state index contributed by atoms with van der Waals surface area (Å²) in [5.41, 5.74) is 2.40. The Hall–Kier alpha value is -2.47. The predicted molar refractivity (Wildman–Crippen MR) is 128 cm³/mol. The van der Waals surface area contributed by atoms with Gasteiger partial charge in [0.2, 0.25) is 17.7 Å². The number of hydrogen-bond donors (Lipinski definition) is 1. The highest BCUT2D eigenvalue weighted by atomic mass is 16.2. The van der Waals surface area contributed by atoms with E-state index in [-0.39, 0.29) is 41.5 Å². The van der Waals surface area contributed by atoms with E-state index in [9.17, 15) is 14.4 Å². The second-order valence-electron chi connectivity index (χ2n) is 10.3. The zero-order valence-electron chi connectivity index (χ0n) is 20.1. The molecule has 1 aromatic rings. The molecule has 3 amide bonds. The summed E-state index contributed by atoms with van der Waals surface area (Å²) >= 11 is 0. The van der Waals surface area contributed by atoms with E-state index in [0.29, 0.717) is 25.8 Å². The average molecular weight is 452 g/mol. The quantitative estimate of drug-likeness (QED) is 0.484. The van der Waals surface area contributed by atoms with Gasteiger partial charge in [-0.15, -0.1) is 0 Å². The third-order valence-electron chi connectivity index (χ3n) is 7.36. The van der Waals surface area contributed by atoms with Gasteiger partial charge in [0.25, 0.3) is 0 Å². The zero-order chi connectivity index (χ0) is 23.5. The van der Waals surface area contributed by atoms with Gasteiger partial charge in [-0.05, 0) is 63.6 Å². The van der Waals surface area contributed by atoms with Gasteiger partial charge in [-0.25, -0.2) is 0 Å². The Morgan fingerprint density at radius 3 is 2.12 bits per heavy atom. The first-order chi connectivity index (χ1) is 15.9. The Balaban J connectivity index is 1.51. The molecular weight excluding hydrogens is 414 g/mol. The fourth-order valence-electron chi connectivity index (χ4n) is 5.52. The van der Waals surface area contributed by atoms with Crippen LogP contribution in [0.2, 0.25) is 0 Å². The molecule has 6 heteroatoms. The third kappa shape index (κ3) is 5.06. The third-order valence-corrected chi connectivity index (χ3v) is 7.36. The van der Waals surface area contributed by atoms with Crippen molar-refractivity contribution in [3.63, 3.8) is 0 Å². The summed E-state index contributed by atoms with van der Waals surface area (Å²) in [6.45, 7) is 8.64. The molecule has 3 aliphatic rings. The van der Waals surface area contributed by atoms with Crippen LogP contribution in [-0.4, -0.2) is 53.2 Å². The number of allylic oxidation sites excluding steroid dienone is 2. The Morgan fingerprint density at radius 2 is 1.58 bits per heavy atom. The number of carbonyl (C=O) groups excluding carboxylic acids is 3. The second-order valence-corrected chi connectivity index (χ2v) is 10.3. The van der Waals surface area contributed by atoms with Crippen LogP contribution in [0, 0.1) is 24.7 Å². The molecule has 6 nitrogen and oxygen atoms in total. The van der Waals surface area contributed by atoms with Crippen molar-refractivity contribution in [3.05, 3.63) is 47.5 Å². The van der Waals surface area contributed by atoms with E-state index >= 15 is 0 Å². The van der Waals surface area contributed by atoms with Gasteiger partial charge in [-0.1, -0.05) is 55.8 Å². The molecule has 1 aliphatic carbocycles. The Labute approximate surface area is 197 Å². The largest absolute Gasteiger partial charge is 0.352 e. The van der Waals surface area contributed by atoms with Crippen LogP contribution >= 0.6 is 0 Å². The van der Waals surface area contributed by atoms with Crippen molar-refractivity contribution in [1.29, 1.82) is 0 Å². The highest BCUT2D eigenvalue weighted by Gasteiger charge is 2.51. The van der Waals surface area contributed by atoms with Crippen molar-refractivity contribution in [2.24, 2.45) is 17.8 Å². The minimum atomic E-state index is -0.743. The number of hydrogen-bond acceptors (Lipinski definition) is 4. The Morgan fingerprint density at radius 1 is 1.00 bits per heavy atom. The summed E-state index contributed by atoms with van der Waals surface area (Å²) in [4.78, 5) is 43.5. The maximum atomic E-state index is 13.5. The topological polar surface area (TPSA) is 69.7 Å². The Bertz CT molecular complexity index is 876. The molecule has 0 saturated carbocycles. The zero-order valence-corrected chi connectivity index (χ0v) is 20.1. The molecule has 178 valence electrons. The highest BCUT2D eigenvalue weighted by Crippen LogP contribution is 2.37. The molecule has 4 rings (SSSR count). The van der Waals surface area contributed by atoms with E-state index in [2.05, 4.69) is 41.4 Å². The highest BCUT2D eigenvalue weighted by molar-refractivity contribution is 6.08. The standard InChI is InChI=1S/C27H37N3O3/c1-18(2)16-23(30-26(32)21-8-4-5-9-22(21)27(30)33)25(31)28-17-24(29-14-6-7-15-29)20-12-10-19(3)11-13-20/h4-5,10-13,18,21-24H,6-9,14-17H2,1-3H3,(H,28,31). The van der Waals surface area contributed by atoms with Crippen LogP contribution in [0.25, 0.3) is 0 Å². The second kappa shape index (κ2) is 10.2. The fourth-order valence-corrected chi connectivity index (χ4v) is 5.52. The van der Waals surface area contributed by atoms with Crippen LogP contribution in [0.4, 0.5) is 0 Å². The van der Waals surface area contributed by atoms with Gasteiger partial charge in [0.05, 0.1) is 17.9 Å². The van der Waals surface area contributed by atoms with Gasteiger partial charge < -0.3 is 5.32 Å². The van der Waals surface area contributed by atoms with Crippen molar-refractivity contribution < 1.29 is 14.4 Å².